The smallest absolute Gasteiger partial charge is 0.203 e. The van der Waals surface area contributed by atoms with E-state index in [0.717, 1.165) is 44.1 Å². The molecule has 0 N–H and O–H groups in total. The highest BCUT2D eigenvalue weighted by Crippen LogP contribution is 2.38. The molecular formula is C31H48O5. The Labute approximate surface area is 219 Å². The molecule has 0 aliphatic carbocycles. The van der Waals surface area contributed by atoms with Crippen LogP contribution in [0.4, 0.5) is 0 Å². The number of allylic oxidation sites excluding steroid dienone is 7. The Hall–Kier alpha value is -2.50. The van der Waals surface area contributed by atoms with Crippen molar-refractivity contribution in [2.45, 2.75) is 79.8 Å². The molecule has 0 aliphatic heterocycles. The number of rotatable bonds is 18. The second-order valence-electron chi connectivity index (χ2n) is 9.42. The van der Waals surface area contributed by atoms with Crippen molar-refractivity contribution in [3.05, 3.63) is 64.3 Å². The van der Waals surface area contributed by atoms with Crippen LogP contribution in [0, 0.1) is 0 Å². The zero-order chi connectivity index (χ0) is 26.8. The average molecular weight is 501 g/mol. The summed E-state index contributed by atoms with van der Waals surface area (Å²) >= 11 is 0. The van der Waals surface area contributed by atoms with Gasteiger partial charge in [-0.15, -0.1) is 0 Å². The fraction of sp³-hybridized carbons (Fsp3) is 0.548. The van der Waals surface area contributed by atoms with Gasteiger partial charge in [0.1, 0.15) is 6.79 Å². The van der Waals surface area contributed by atoms with Crippen LogP contribution in [-0.2, 0) is 16.1 Å². The fourth-order valence-electron chi connectivity index (χ4n) is 3.67. The molecule has 5 nitrogen and oxygen atoms in total. The zero-order valence-corrected chi connectivity index (χ0v) is 23.9. The number of benzene rings is 1. The minimum absolute atomic E-state index is 0.223. The van der Waals surface area contributed by atoms with Gasteiger partial charge in [-0.1, -0.05) is 46.6 Å². The first kappa shape index (κ1) is 31.5. The van der Waals surface area contributed by atoms with E-state index in [1.165, 1.54) is 22.3 Å². The minimum Gasteiger partial charge on any atom is -0.493 e. The monoisotopic (exact) mass is 500 g/mol. The van der Waals surface area contributed by atoms with E-state index >= 15 is 0 Å². The summed E-state index contributed by atoms with van der Waals surface area (Å²) in [4.78, 5) is 0. The van der Waals surface area contributed by atoms with Gasteiger partial charge in [-0.05, 0) is 90.8 Å². The van der Waals surface area contributed by atoms with Crippen molar-refractivity contribution in [1.29, 1.82) is 0 Å². The summed E-state index contributed by atoms with van der Waals surface area (Å²) in [5.74, 6) is 1.80. The van der Waals surface area contributed by atoms with Crippen molar-refractivity contribution < 1.29 is 23.7 Å². The maximum atomic E-state index is 5.65. The van der Waals surface area contributed by atoms with E-state index in [1.54, 1.807) is 21.3 Å². The standard InChI is InChI=1S/C31H48O5/c1-24(2)12-9-13-25(3)14-10-15-26(4)16-11-17-27(5)18-19-35-23-36-22-28-20-29(32-6)31(34-8)30(21-28)33-7/h12,14,16,18,20-21H,9-11,13,15,17,19,22-23H2,1-8H3. The topological polar surface area (TPSA) is 46.2 Å². The lowest BCUT2D eigenvalue weighted by atomic mass is 10.0. The molecule has 1 rings (SSSR count). The lowest BCUT2D eigenvalue weighted by Crippen LogP contribution is -2.02. The fourth-order valence-corrected chi connectivity index (χ4v) is 3.67. The molecule has 0 heterocycles. The Bertz CT molecular complexity index is 863. The second-order valence-corrected chi connectivity index (χ2v) is 9.42. The molecule has 0 bridgehead atoms. The molecule has 0 saturated carbocycles. The van der Waals surface area contributed by atoms with Crippen LogP contribution >= 0.6 is 0 Å². The molecule has 1 aromatic rings. The third-order valence-electron chi connectivity index (χ3n) is 5.86. The average Bonchev–Trinajstić information content (AvgIpc) is 2.85. The van der Waals surface area contributed by atoms with Gasteiger partial charge in [0, 0.05) is 0 Å². The highest BCUT2D eigenvalue weighted by molar-refractivity contribution is 5.53. The molecule has 0 atom stereocenters. The van der Waals surface area contributed by atoms with Crippen molar-refractivity contribution >= 4 is 0 Å². The molecule has 5 heteroatoms. The number of methoxy groups -OCH3 is 3. The van der Waals surface area contributed by atoms with Crippen LogP contribution in [0.15, 0.2) is 58.7 Å². The first-order chi connectivity index (χ1) is 17.3. The molecule has 1 aromatic carbocycles. The van der Waals surface area contributed by atoms with Crippen molar-refractivity contribution in [1.82, 2.24) is 0 Å². The van der Waals surface area contributed by atoms with Gasteiger partial charge >= 0.3 is 0 Å². The lowest BCUT2D eigenvalue weighted by molar-refractivity contribution is -0.0522. The van der Waals surface area contributed by atoms with Gasteiger partial charge in [0.25, 0.3) is 0 Å². The molecule has 202 valence electrons. The number of hydrogen-bond acceptors (Lipinski definition) is 5. The van der Waals surface area contributed by atoms with Gasteiger partial charge in [-0.2, -0.15) is 0 Å². The largest absolute Gasteiger partial charge is 0.493 e. The first-order valence-electron chi connectivity index (χ1n) is 12.8. The maximum absolute atomic E-state index is 5.65. The number of hydrogen-bond donors (Lipinski definition) is 0. The van der Waals surface area contributed by atoms with Crippen LogP contribution in [0.5, 0.6) is 17.2 Å². The van der Waals surface area contributed by atoms with Gasteiger partial charge in [-0.3, -0.25) is 0 Å². The highest BCUT2D eigenvalue weighted by Gasteiger charge is 2.13. The number of ether oxygens (including phenoxy) is 5. The summed E-state index contributed by atoms with van der Waals surface area (Å²) in [5, 5.41) is 0. The van der Waals surface area contributed by atoms with E-state index in [4.69, 9.17) is 23.7 Å². The molecule has 0 fully saturated rings. The van der Waals surface area contributed by atoms with Gasteiger partial charge in [-0.25, -0.2) is 0 Å². The molecule has 36 heavy (non-hydrogen) atoms. The van der Waals surface area contributed by atoms with Gasteiger partial charge < -0.3 is 23.7 Å². The molecular weight excluding hydrogens is 452 g/mol. The molecule has 0 unspecified atom stereocenters. The molecule has 0 amide bonds. The van der Waals surface area contributed by atoms with Crippen molar-refractivity contribution in [2.24, 2.45) is 0 Å². The van der Waals surface area contributed by atoms with Gasteiger partial charge in [0.15, 0.2) is 11.5 Å². The van der Waals surface area contributed by atoms with Crippen LogP contribution in [0.2, 0.25) is 0 Å². The molecule has 0 spiro atoms. The van der Waals surface area contributed by atoms with E-state index in [1.807, 2.05) is 12.1 Å². The van der Waals surface area contributed by atoms with Crippen LogP contribution in [0.1, 0.15) is 78.7 Å². The summed E-state index contributed by atoms with van der Waals surface area (Å²) in [6.45, 7) is 12.1. The Morgan fingerprint density at radius 1 is 0.639 bits per heavy atom. The predicted octanol–water partition coefficient (Wildman–Crippen LogP) is 8.35. The third-order valence-corrected chi connectivity index (χ3v) is 5.86. The van der Waals surface area contributed by atoms with E-state index in [2.05, 4.69) is 58.9 Å². The van der Waals surface area contributed by atoms with Gasteiger partial charge in [0.05, 0.1) is 34.5 Å². The van der Waals surface area contributed by atoms with Crippen LogP contribution in [-0.4, -0.2) is 34.7 Å². The zero-order valence-electron chi connectivity index (χ0n) is 23.9. The first-order valence-corrected chi connectivity index (χ1v) is 12.8. The van der Waals surface area contributed by atoms with Gasteiger partial charge in [0.2, 0.25) is 5.75 Å². The molecule has 0 radical (unpaired) electrons. The summed E-state index contributed by atoms with van der Waals surface area (Å²) in [7, 11) is 4.79. The summed E-state index contributed by atoms with van der Waals surface area (Å²) < 4.78 is 27.4. The molecule has 0 aliphatic rings. The van der Waals surface area contributed by atoms with Crippen molar-refractivity contribution in [3.8, 4) is 17.2 Å². The maximum Gasteiger partial charge on any atom is 0.203 e. The highest BCUT2D eigenvalue weighted by atomic mass is 16.7. The van der Waals surface area contributed by atoms with Crippen molar-refractivity contribution in [2.75, 3.05) is 34.7 Å². The normalized spacial score (nSPS) is 12.5. The van der Waals surface area contributed by atoms with Crippen LogP contribution in [0.25, 0.3) is 0 Å². The third kappa shape index (κ3) is 13.6. The Kier molecular flexibility index (Phi) is 16.4. The quantitative estimate of drug-likeness (QED) is 0.115. The predicted molar refractivity (Wildman–Crippen MR) is 150 cm³/mol. The van der Waals surface area contributed by atoms with Crippen molar-refractivity contribution in [3.63, 3.8) is 0 Å². The van der Waals surface area contributed by atoms with E-state index < -0.39 is 0 Å². The second kappa shape index (κ2) is 18.7. The summed E-state index contributed by atoms with van der Waals surface area (Å²) in [5.41, 5.74) is 6.62. The minimum atomic E-state index is 0.223. The summed E-state index contributed by atoms with van der Waals surface area (Å²) in [6, 6.07) is 3.76. The van der Waals surface area contributed by atoms with E-state index in [0.29, 0.717) is 30.5 Å². The van der Waals surface area contributed by atoms with E-state index in [9.17, 15) is 0 Å². The molecule has 0 saturated heterocycles. The Balaban J connectivity index is 2.27. The Morgan fingerprint density at radius 3 is 1.61 bits per heavy atom. The van der Waals surface area contributed by atoms with E-state index in [-0.39, 0.29) is 6.79 Å². The lowest BCUT2D eigenvalue weighted by Gasteiger charge is -2.14. The van der Waals surface area contributed by atoms with Crippen LogP contribution in [0.3, 0.4) is 0 Å². The molecule has 0 aromatic heterocycles. The van der Waals surface area contributed by atoms with Crippen LogP contribution < -0.4 is 14.2 Å². The SMILES string of the molecule is COc1cc(COCOCC=C(C)CCC=C(C)CCC=C(C)CCC=C(C)C)cc(OC)c1OC. The Morgan fingerprint density at radius 2 is 1.14 bits per heavy atom. The summed E-state index contributed by atoms with van der Waals surface area (Å²) in [6.07, 6.45) is 15.9.